The van der Waals surface area contributed by atoms with Gasteiger partial charge in [-0.15, -0.1) is 0 Å². The minimum Gasteiger partial charge on any atom is -0.480 e. The van der Waals surface area contributed by atoms with Crippen molar-refractivity contribution in [3.63, 3.8) is 0 Å². The van der Waals surface area contributed by atoms with Crippen molar-refractivity contribution >= 4 is 11.9 Å². The molecule has 0 bridgehead atoms. The Balaban J connectivity index is 1.68. The summed E-state index contributed by atoms with van der Waals surface area (Å²) in [5, 5.41) is 12.3. The Morgan fingerprint density at radius 1 is 1.25 bits per heavy atom. The molecule has 0 aliphatic heterocycles. The maximum atomic E-state index is 13.8. The van der Waals surface area contributed by atoms with Crippen molar-refractivity contribution in [3.8, 4) is 0 Å². The minimum absolute atomic E-state index is 0.307. The smallest absolute Gasteiger partial charge is 0.329 e. The van der Waals surface area contributed by atoms with Gasteiger partial charge in [0.15, 0.2) is 0 Å². The lowest BCUT2D eigenvalue weighted by molar-refractivity contribution is -0.150. The molecule has 6 heteroatoms. The predicted octanol–water partition coefficient (Wildman–Crippen LogP) is 3.22. The molecule has 24 heavy (non-hydrogen) atoms. The third kappa shape index (κ3) is 3.14. The minimum atomic E-state index is -1.21. The monoisotopic (exact) mass is 337 g/mol. The van der Waals surface area contributed by atoms with Crippen molar-refractivity contribution in [2.24, 2.45) is 11.8 Å². The van der Waals surface area contributed by atoms with Gasteiger partial charge in [-0.3, -0.25) is 4.79 Å². The lowest BCUT2D eigenvalue weighted by atomic mass is 9.77. The maximum absolute atomic E-state index is 13.8. The van der Waals surface area contributed by atoms with Crippen LogP contribution in [-0.4, -0.2) is 22.5 Å². The molecule has 2 fully saturated rings. The zero-order valence-electron chi connectivity index (χ0n) is 13.5. The van der Waals surface area contributed by atoms with Crippen LogP contribution in [-0.2, 0) is 9.59 Å². The van der Waals surface area contributed by atoms with E-state index in [9.17, 15) is 23.5 Å². The third-order valence-corrected chi connectivity index (χ3v) is 5.39. The molecule has 1 aromatic rings. The number of nitrogens with one attached hydrogen (secondary N) is 1. The van der Waals surface area contributed by atoms with E-state index < -0.39 is 29.1 Å². The second-order valence-corrected chi connectivity index (χ2v) is 7.17. The van der Waals surface area contributed by atoms with Crippen molar-refractivity contribution in [1.82, 2.24) is 5.32 Å². The summed E-state index contributed by atoms with van der Waals surface area (Å²) in [7, 11) is 0. The van der Waals surface area contributed by atoms with E-state index in [4.69, 9.17) is 0 Å². The van der Waals surface area contributed by atoms with Crippen molar-refractivity contribution in [1.29, 1.82) is 0 Å². The number of hydrogen-bond acceptors (Lipinski definition) is 2. The largest absolute Gasteiger partial charge is 0.480 e. The lowest BCUT2D eigenvalue weighted by Crippen LogP contribution is -2.56. The number of carboxylic acid groups (broad SMARTS) is 1. The zero-order chi connectivity index (χ0) is 17.5. The highest BCUT2D eigenvalue weighted by Crippen LogP contribution is 2.49. The van der Waals surface area contributed by atoms with Crippen LogP contribution in [0.1, 0.15) is 50.5 Å². The van der Waals surface area contributed by atoms with E-state index in [1.165, 1.54) is 12.1 Å². The number of amides is 1. The molecular formula is C18H21F2NO3. The van der Waals surface area contributed by atoms with Gasteiger partial charge in [0.05, 0.1) is 0 Å². The van der Waals surface area contributed by atoms with Crippen molar-refractivity contribution in [2.75, 3.05) is 0 Å². The third-order valence-electron chi connectivity index (χ3n) is 5.39. The highest BCUT2D eigenvalue weighted by atomic mass is 19.1. The summed E-state index contributed by atoms with van der Waals surface area (Å²) in [6, 6.07) is 3.34. The number of hydrogen-bond donors (Lipinski definition) is 2. The highest BCUT2D eigenvalue weighted by molar-refractivity contribution is 5.90. The maximum Gasteiger partial charge on any atom is 0.329 e. The molecule has 2 atom stereocenters. The van der Waals surface area contributed by atoms with Crippen LogP contribution in [0.5, 0.6) is 0 Å². The molecule has 3 rings (SSSR count). The standard InChI is InChI=1S/C18H21F2NO3/c1-10-4-6-18(7-5-10,17(23)24)21-16(22)14-9-13(14)12-3-2-11(19)8-15(12)20/h2-3,8,10,13-14H,4-7,9H2,1H3,(H,21,22)(H,23,24). The van der Waals surface area contributed by atoms with Crippen LogP contribution in [0, 0.1) is 23.5 Å². The first-order valence-electron chi connectivity index (χ1n) is 8.33. The van der Waals surface area contributed by atoms with E-state index in [1.807, 2.05) is 0 Å². The van der Waals surface area contributed by atoms with Gasteiger partial charge in [-0.25, -0.2) is 13.6 Å². The zero-order valence-corrected chi connectivity index (χ0v) is 13.5. The molecule has 2 unspecified atom stereocenters. The van der Waals surface area contributed by atoms with Crippen molar-refractivity contribution in [3.05, 3.63) is 35.4 Å². The number of carbonyl (C=O) groups excluding carboxylic acids is 1. The van der Waals surface area contributed by atoms with Crippen molar-refractivity contribution < 1.29 is 23.5 Å². The molecule has 4 nitrogen and oxygen atoms in total. The normalized spacial score (nSPS) is 32.2. The topological polar surface area (TPSA) is 66.4 Å². The quantitative estimate of drug-likeness (QED) is 0.886. The van der Waals surface area contributed by atoms with Gasteiger partial charge in [0.25, 0.3) is 0 Å². The predicted molar refractivity (Wildman–Crippen MR) is 83.3 cm³/mol. The Morgan fingerprint density at radius 2 is 1.92 bits per heavy atom. The first-order chi connectivity index (χ1) is 11.3. The fourth-order valence-corrected chi connectivity index (χ4v) is 3.61. The fourth-order valence-electron chi connectivity index (χ4n) is 3.61. The van der Waals surface area contributed by atoms with Crippen molar-refractivity contribution in [2.45, 2.75) is 50.5 Å². The average molecular weight is 337 g/mol. The van der Waals surface area contributed by atoms with E-state index >= 15 is 0 Å². The Kier molecular flexibility index (Phi) is 4.32. The van der Waals surface area contributed by atoms with E-state index in [-0.39, 0.29) is 11.8 Å². The summed E-state index contributed by atoms with van der Waals surface area (Å²) in [6.45, 7) is 2.07. The summed E-state index contributed by atoms with van der Waals surface area (Å²) < 4.78 is 26.8. The SMILES string of the molecule is CC1CCC(NC(=O)C2CC2c2ccc(F)cc2F)(C(=O)O)CC1. The number of halogens is 2. The van der Waals surface area contributed by atoms with E-state index in [1.54, 1.807) is 0 Å². The number of rotatable bonds is 4. The van der Waals surface area contributed by atoms with Gasteiger partial charge in [-0.05, 0) is 55.6 Å². The summed E-state index contributed by atoms with van der Waals surface area (Å²) in [4.78, 5) is 24.1. The second kappa shape index (κ2) is 6.15. The van der Waals surface area contributed by atoms with Crippen LogP contribution in [0.2, 0.25) is 0 Å². The number of carbonyl (C=O) groups is 2. The Labute approximate surface area is 139 Å². The molecule has 2 saturated carbocycles. The molecule has 0 saturated heterocycles. The highest BCUT2D eigenvalue weighted by Gasteiger charge is 2.49. The van der Waals surface area contributed by atoms with Crippen LogP contribution in [0.3, 0.4) is 0 Å². The van der Waals surface area contributed by atoms with Gasteiger partial charge in [0.2, 0.25) is 5.91 Å². The summed E-state index contributed by atoms with van der Waals surface area (Å²) in [5.74, 6) is -2.96. The van der Waals surface area contributed by atoms with Crippen LogP contribution in [0.25, 0.3) is 0 Å². The van der Waals surface area contributed by atoms with Crippen LogP contribution < -0.4 is 5.32 Å². The first kappa shape index (κ1) is 16.9. The van der Waals surface area contributed by atoms with Gasteiger partial charge in [0.1, 0.15) is 17.2 Å². The van der Waals surface area contributed by atoms with Crippen LogP contribution >= 0.6 is 0 Å². The molecule has 130 valence electrons. The van der Waals surface area contributed by atoms with Gasteiger partial charge < -0.3 is 10.4 Å². The van der Waals surface area contributed by atoms with Gasteiger partial charge >= 0.3 is 5.97 Å². The summed E-state index contributed by atoms with van der Waals surface area (Å²) in [6.07, 6.45) is 2.80. The number of aliphatic carboxylic acids is 1. The number of carboxylic acids is 1. The van der Waals surface area contributed by atoms with E-state index in [0.29, 0.717) is 30.7 Å². The number of benzene rings is 1. The molecule has 1 amide bonds. The molecule has 0 radical (unpaired) electrons. The van der Waals surface area contributed by atoms with Gasteiger partial charge in [0, 0.05) is 12.0 Å². The molecule has 2 N–H and O–H groups in total. The van der Waals surface area contributed by atoms with Crippen LogP contribution in [0.15, 0.2) is 18.2 Å². The average Bonchev–Trinajstić information content (AvgIpc) is 3.30. The van der Waals surface area contributed by atoms with Gasteiger partial charge in [-0.2, -0.15) is 0 Å². The Morgan fingerprint density at radius 3 is 2.50 bits per heavy atom. The van der Waals surface area contributed by atoms with Crippen LogP contribution in [0.4, 0.5) is 8.78 Å². The molecule has 0 heterocycles. The summed E-state index contributed by atoms with van der Waals surface area (Å²) in [5.41, 5.74) is -0.892. The first-order valence-corrected chi connectivity index (χ1v) is 8.33. The molecule has 2 aliphatic carbocycles. The Hall–Kier alpha value is -1.98. The fraction of sp³-hybridized carbons (Fsp3) is 0.556. The summed E-state index contributed by atoms with van der Waals surface area (Å²) >= 11 is 0. The van der Waals surface area contributed by atoms with Gasteiger partial charge in [-0.1, -0.05) is 13.0 Å². The molecule has 1 aromatic carbocycles. The molecular weight excluding hydrogens is 316 g/mol. The lowest BCUT2D eigenvalue weighted by Gasteiger charge is -2.36. The Bertz CT molecular complexity index is 668. The van der Waals surface area contributed by atoms with E-state index in [0.717, 1.165) is 18.9 Å². The molecule has 0 spiro atoms. The molecule has 0 aromatic heterocycles. The van der Waals surface area contributed by atoms with E-state index in [2.05, 4.69) is 12.2 Å². The molecule has 2 aliphatic rings. The second-order valence-electron chi connectivity index (χ2n) is 7.17.